The number of amides is 2. The van der Waals surface area contributed by atoms with Gasteiger partial charge in [-0.15, -0.1) is 0 Å². The second kappa shape index (κ2) is 8.86. The largest absolute Gasteiger partial charge is 0.497 e. The maximum atomic E-state index is 12.5. The van der Waals surface area contributed by atoms with Gasteiger partial charge in [-0.1, -0.05) is 19.4 Å². The van der Waals surface area contributed by atoms with Crippen LogP contribution in [0.15, 0.2) is 30.3 Å². The topological polar surface area (TPSA) is 87.3 Å². The average molecular weight is 344 g/mol. The first kappa shape index (κ1) is 18.5. The van der Waals surface area contributed by atoms with E-state index in [0.717, 1.165) is 18.5 Å². The SMILES string of the molecule is CCCc1cc(C(=O)N(CC)CC(=O)Nc2cccc(OC)c2)n[nH]1. The number of likely N-dealkylation sites (N-methyl/N-ethyl adjacent to an activating group) is 1. The van der Waals surface area contributed by atoms with Crippen LogP contribution in [0.5, 0.6) is 5.75 Å². The number of hydrogen-bond acceptors (Lipinski definition) is 4. The molecule has 0 spiro atoms. The molecule has 0 aliphatic heterocycles. The summed E-state index contributed by atoms with van der Waals surface area (Å²) in [4.78, 5) is 26.2. The lowest BCUT2D eigenvalue weighted by Gasteiger charge is -2.19. The fraction of sp³-hybridized carbons (Fsp3) is 0.389. The predicted octanol–water partition coefficient (Wildman–Crippen LogP) is 2.47. The summed E-state index contributed by atoms with van der Waals surface area (Å²) in [6.07, 6.45) is 1.80. The number of anilines is 1. The van der Waals surface area contributed by atoms with Gasteiger partial charge in [0, 0.05) is 24.0 Å². The third-order valence-corrected chi connectivity index (χ3v) is 3.73. The van der Waals surface area contributed by atoms with Gasteiger partial charge in [-0.05, 0) is 31.5 Å². The Balaban J connectivity index is 1.99. The van der Waals surface area contributed by atoms with Gasteiger partial charge in [0.1, 0.15) is 18.0 Å². The molecule has 0 fully saturated rings. The summed E-state index contributed by atoms with van der Waals surface area (Å²) in [5, 5.41) is 9.69. The van der Waals surface area contributed by atoms with Crippen LogP contribution in [0.2, 0.25) is 0 Å². The normalized spacial score (nSPS) is 10.4. The Hall–Kier alpha value is -2.83. The van der Waals surface area contributed by atoms with Gasteiger partial charge >= 0.3 is 0 Å². The smallest absolute Gasteiger partial charge is 0.274 e. The number of ether oxygens (including phenoxy) is 1. The number of hydrogen-bond donors (Lipinski definition) is 2. The Labute approximate surface area is 147 Å². The fourth-order valence-electron chi connectivity index (χ4n) is 2.43. The molecular weight excluding hydrogens is 320 g/mol. The number of carbonyl (C=O) groups excluding carboxylic acids is 2. The third kappa shape index (κ3) is 5.07. The van der Waals surface area contributed by atoms with Crippen LogP contribution in [0.4, 0.5) is 5.69 Å². The van der Waals surface area contributed by atoms with Crippen LogP contribution in [0.1, 0.15) is 36.5 Å². The monoisotopic (exact) mass is 344 g/mol. The van der Waals surface area contributed by atoms with E-state index in [0.29, 0.717) is 23.7 Å². The van der Waals surface area contributed by atoms with Gasteiger partial charge in [-0.25, -0.2) is 0 Å². The first-order valence-corrected chi connectivity index (χ1v) is 8.34. The van der Waals surface area contributed by atoms with Crippen molar-refractivity contribution >= 4 is 17.5 Å². The maximum Gasteiger partial charge on any atom is 0.274 e. The minimum Gasteiger partial charge on any atom is -0.497 e. The molecule has 7 heteroatoms. The molecule has 0 aliphatic rings. The van der Waals surface area contributed by atoms with Crippen LogP contribution >= 0.6 is 0 Å². The van der Waals surface area contributed by atoms with Gasteiger partial charge in [-0.3, -0.25) is 14.7 Å². The first-order valence-electron chi connectivity index (χ1n) is 8.34. The molecule has 1 aromatic carbocycles. The van der Waals surface area contributed by atoms with Crippen LogP contribution < -0.4 is 10.1 Å². The van der Waals surface area contributed by atoms with E-state index in [1.165, 1.54) is 4.90 Å². The van der Waals surface area contributed by atoms with E-state index in [9.17, 15) is 9.59 Å². The summed E-state index contributed by atoms with van der Waals surface area (Å²) >= 11 is 0. The lowest BCUT2D eigenvalue weighted by Crippen LogP contribution is -2.38. The molecule has 0 bridgehead atoms. The number of nitrogens with zero attached hydrogens (tertiary/aromatic N) is 2. The molecule has 0 atom stereocenters. The van der Waals surface area contributed by atoms with Gasteiger partial charge in [0.05, 0.1) is 7.11 Å². The number of benzene rings is 1. The average Bonchev–Trinajstić information content (AvgIpc) is 3.08. The molecule has 0 radical (unpaired) electrons. The zero-order chi connectivity index (χ0) is 18.2. The number of aromatic amines is 1. The zero-order valence-corrected chi connectivity index (χ0v) is 14.8. The minimum atomic E-state index is -0.271. The van der Waals surface area contributed by atoms with Gasteiger partial charge in [0.2, 0.25) is 5.91 Å². The van der Waals surface area contributed by atoms with Crippen LogP contribution in [0.25, 0.3) is 0 Å². The summed E-state index contributed by atoms with van der Waals surface area (Å²) in [5.74, 6) is 0.121. The number of rotatable bonds is 8. The van der Waals surface area contributed by atoms with Gasteiger partial charge in [0.15, 0.2) is 0 Å². The molecule has 2 amide bonds. The first-order chi connectivity index (χ1) is 12.1. The third-order valence-electron chi connectivity index (χ3n) is 3.73. The highest BCUT2D eigenvalue weighted by Gasteiger charge is 2.20. The summed E-state index contributed by atoms with van der Waals surface area (Å²) in [5.41, 5.74) is 1.88. The van der Waals surface area contributed by atoms with E-state index in [1.54, 1.807) is 37.4 Å². The van der Waals surface area contributed by atoms with Crippen molar-refractivity contribution < 1.29 is 14.3 Å². The Bertz CT molecular complexity index is 727. The predicted molar refractivity (Wildman–Crippen MR) is 95.8 cm³/mol. The van der Waals surface area contributed by atoms with Crippen molar-refractivity contribution in [3.8, 4) is 5.75 Å². The van der Waals surface area contributed by atoms with Gasteiger partial charge < -0.3 is 15.0 Å². The van der Waals surface area contributed by atoms with Crippen molar-refractivity contribution in [3.63, 3.8) is 0 Å². The Morgan fingerprint density at radius 2 is 2.08 bits per heavy atom. The van der Waals surface area contributed by atoms with Gasteiger partial charge in [-0.2, -0.15) is 5.10 Å². The van der Waals surface area contributed by atoms with Crippen molar-refractivity contribution in [1.29, 1.82) is 0 Å². The highest BCUT2D eigenvalue weighted by molar-refractivity contribution is 5.98. The van der Waals surface area contributed by atoms with E-state index in [4.69, 9.17) is 4.74 Å². The number of methoxy groups -OCH3 is 1. The fourth-order valence-corrected chi connectivity index (χ4v) is 2.43. The number of aromatic nitrogens is 2. The van der Waals surface area contributed by atoms with E-state index in [-0.39, 0.29) is 18.4 Å². The number of nitrogens with one attached hydrogen (secondary N) is 2. The zero-order valence-electron chi connectivity index (χ0n) is 14.8. The second-order valence-electron chi connectivity index (χ2n) is 5.63. The van der Waals surface area contributed by atoms with Crippen molar-refractivity contribution in [2.45, 2.75) is 26.7 Å². The van der Waals surface area contributed by atoms with Crippen molar-refractivity contribution in [1.82, 2.24) is 15.1 Å². The summed E-state index contributed by atoms with van der Waals surface area (Å²) in [6.45, 7) is 4.27. The molecule has 0 unspecified atom stereocenters. The molecule has 7 nitrogen and oxygen atoms in total. The summed E-state index contributed by atoms with van der Waals surface area (Å²) in [6, 6.07) is 8.82. The summed E-state index contributed by atoms with van der Waals surface area (Å²) < 4.78 is 5.13. The quantitative estimate of drug-likeness (QED) is 0.770. The molecule has 0 saturated heterocycles. The molecule has 134 valence electrons. The Morgan fingerprint density at radius 3 is 2.76 bits per heavy atom. The van der Waals surface area contributed by atoms with E-state index >= 15 is 0 Å². The molecule has 25 heavy (non-hydrogen) atoms. The van der Waals surface area contributed by atoms with E-state index < -0.39 is 0 Å². The van der Waals surface area contributed by atoms with Crippen molar-refractivity contribution in [2.24, 2.45) is 0 Å². The number of aryl methyl sites for hydroxylation is 1. The molecule has 1 aromatic heterocycles. The highest BCUT2D eigenvalue weighted by Crippen LogP contribution is 2.16. The van der Waals surface area contributed by atoms with E-state index in [1.807, 2.05) is 6.92 Å². The Kier molecular flexibility index (Phi) is 6.56. The molecule has 0 saturated carbocycles. The highest BCUT2D eigenvalue weighted by atomic mass is 16.5. The molecule has 2 rings (SSSR count). The van der Waals surface area contributed by atoms with Crippen LogP contribution in [0.3, 0.4) is 0 Å². The Morgan fingerprint density at radius 1 is 1.28 bits per heavy atom. The number of carbonyl (C=O) groups is 2. The molecule has 2 N–H and O–H groups in total. The lowest BCUT2D eigenvalue weighted by atomic mass is 10.2. The maximum absolute atomic E-state index is 12.5. The van der Waals surface area contributed by atoms with Crippen molar-refractivity contribution in [2.75, 3.05) is 25.5 Å². The van der Waals surface area contributed by atoms with Crippen LogP contribution in [-0.4, -0.2) is 47.1 Å². The summed E-state index contributed by atoms with van der Waals surface area (Å²) in [7, 11) is 1.56. The second-order valence-corrected chi connectivity index (χ2v) is 5.63. The van der Waals surface area contributed by atoms with Crippen LogP contribution in [0, 0.1) is 0 Å². The number of H-pyrrole nitrogens is 1. The molecule has 0 aliphatic carbocycles. The molecule has 1 heterocycles. The van der Waals surface area contributed by atoms with Crippen LogP contribution in [-0.2, 0) is 11.2 Å². The van der Waals surface area contributed by atoms with E-state index in [2.05, 4.69) is 22.4 Å². The molecular formula is C18H24N4O3. The standard InChI is InChI=1S/C18H24N4O3/c1-4-7-14-11-16(21-20-14)18(24)22(5-2)12-17(23)19-13-8-6-9-15(10-13)25-3/h6,8-11H,4-5,7,12H2,1-3H3,(H,19,23)(H,20,21). The molecule has 2 aromatic rings. The van der Waals surface area contributed by atoms with Crippen molar-refractivity contribution in [3.05, 3.63) is 41.7 Å². The van der Waals surface area contributed by atoms with Gasteiger partial charge in [0.25, 0.3) is 5.91 Å². The minimum absolute atomic E-state index is 0.0392. The lowest BCUT2D eigenvalue weighted by molar-refractivity contribution is -0.116.